The van der Waals surface area contributed by atoms with Gasteiger partial charge in [0.2, 0.25) is 10.0 Å². The minimum atomic E-state index is -3.61. The highest BCUT2D eigenvalue weighted by Gasteiger charge is 2.19. The summed E-state index contributed by atoms with van der Waals surface area (Å²) in [7, 11) is -3.61. The van der Waals surface area contributed by atoms with E-state index >= 15 is 0 Å². The molecule has 0 aliphatic rings. The third-order valence-electron chi connectivity index (χ3n) is 4.04. The van der Waals surface area contributed by atoms with Crippen LogP contribution in [0.3, 0.4) is 0 Å². The molecule has 1 atom stereocenters. The number of hydrogen-bond donors (Lipinski definition) is 2. The molecule has 0 aliphatic carbocycles. The van der Waals surface area contributed by atoms with Crippen LogP contribution in [-0.2, 0) is 24.3 Å². The van der Waals surface area contributed by atoms with E-state index in [1.54, 1.807) is 13.8 Å². The average Bonchev–Trinajstić information content (AvgIpc) is 2.71. The largest absolute Gasteiger partial charge is 0.494 e. The molecule has 8 nitrogen and oxygen atoms in total. The van der Waals surface area contributed by atoms with Gasteiger partial charge in [0.05, 0.1) is 11.5 Å². The van der Waals surface area contributed by atoms with E-state index in [1.165, 1.54) is 31.2 Å². The van der Waals surface area contributed by atoms with Crippen LogP contribution in [0.5, 0.6) is 5.75 Å². The first-order valence-corrected chi connectivity index (χ1v) is 11.5. The van der Waals surface area contributed by atoms with Crippen molar-refractivity contribution in [2.45, 2.75) is 50.7 Å². The van der Waals surface area contributed by atoms with Crippen LogP contribution >= 0.6 is 0 Å². The number of carbonyl (C=O) groups is 2. The van der Waals surface area contributed by atoms with Crippen LogP contribution in [0, 0.1) is 0 Å². The number of anilines is 1. The van der Waals surface area contributed by atoms with Crippen molar-refractivity contribution < 1.29 is 27.5 Å². The topological polar surface area (TPSA) is 111 Å². The van der Waals surface area contributed by atoms with Crippen LogP contribution in [-0.4, -0.2) is 39.0 Å². The molecule has 0 bridgehead atoms. The number of ether oxygens (including phenoxy) is 2. The summed E-state index contributed by atoms with van der Waals surface area (Å²) in [4.78, 5) is 24.3. The fourth-order valence-corrected chi connectivity index (χ4v) is 3.82. The molecule has 168 valence electrons. The highest BCUT2D eigenvalue weighted by atomic mass is 32.2. The summed E-state index contributed by atoms with van der Waals surface area (Å²) in [6.45, 7) is 5.29. The van der Waals surface area contributed by atoms with Crippen molar-refractivity contribution in [1.29, 1.82) is 0 Å². The Hall–Kier alpha value is -2.91. The molecule has 0 aromatic heterocycles. The Kier molecular flexibility index (Phi) is 9.02. The number of carbonyl (C=O) groups excluding carboxylic acids is 2. The molecule has 9 heteroatoms. The van der Waals surface area contributed by atoms with Gasteiger partial charge >= 0.3 is 5.97 Å². The maximum Gasteiger partial charge on any atom is 0.306 e. The molecule has 0 radical (unpaired) electrons. The Morgan fingerprint density at radius 2 is 1.61 bits per heavy atom. The second-order valence-corrected chi connectivity index (χ2v) is 8.90. The molecule has 1 amide bonds. The molecule has 0 heterocycles. The van der Waals surface area contributed by atoms with Gasteiger partial charge < -0.3 is 14.8 Å². The normalized spacial score (nSPS) is 12.3. The summed E-state index contributed by atoms with van der Waals surface area (Å²) in [5.74, 6) is -0.285. The number of nitrogens with one attached hydrogen (secondary N) is 2. The quantitative estimate of drug-likeness (QED) is 0.404. The molecule has 0 spiro atoms. The number of para-hydroxylation sites is 1. The number of benzene rings is 2. The standard InChI is InChI=1S/C22H28N2O6S/c1-16(2)24-31(27,28)20-13-11-18(12-14-20)23-22(26)17(3)30-21(25)10-7-15-29-19-8-5-4-6-9-19/h4-6,8-9,11-14,16-17,24H,7,10,15H2,1-3H3,(H,23,26). The summed E-state index contributed by atoms with van der Waals surface area (Å²) >= 11 is 0. The van der Waals surface area contributed by atoms with E-state index in [4.69, 9.17) is 9.47 Å². The highest BCUT2D eigenvalue weighted by molar-refractivity contribution is 7.89. The fraction of sp³-hybridized carbons (Fsp3) is 0.364. The first kappa shape index (κ1) is 24.4. The molecular formula is C22H28N2O6S. The SMILES string of the molecule is CC(C)NS(=O)(=O)c1ccc(NC(=O)C(C)OC(=O)CCCOc2ccccc2)cc1. The number of esters is 1. The Morgan fingerprint density at radius 1 is 0.968 bits per heavy atom. The van der Waals surface area contributed by atoms with Crippen molar-refractivity contribution in [3.05, 3.63) is 54.6 Å². The lowest BCUT2D eigenvalue weighted by Crippen LogP contribution is -2.30. The van der Waals surface area contributed by atoms with Crippen LogP contribution < -0.4 is 14.8 Å². The smallest absolute Gasteiger partial charge is 0.306 e. The lowest BCUT2D eigenvalue weighted by atomic mass is 10.3. The number of amides is 1. The minimum absolute atomic E-state index is 0.0939. The van der Waals surface area contributed by atoms with E-state index < -0.39 is 28.0 Å². The number of rotatable bonds is 11. The van der Waals surface area contributed by atoms with Crippen LogP contribution in [0.15, 0.2) is 59.5 Å². The highest BCUT2D eigenvalue weighted by Crippen LogP contribution is 2.15. The van der Waals surface area contributed by atoms with Gasteiger partial charge in [-0.25, -0.2) is 13.1 Å². The summed E-state index contributed by atoms with van der Waals surface area (Å²) < 4.78 is 37.4. The second-order valence-electron chi connectivity index (χ2n) is 7.19. The van der Waals surface area contributed by atoms with Crippen LogP contribution in [0.2, 0.25) is 0 Å². The maximum absolute atomic E-state index is 12.2. The molecule has 2 N–H and O–H groups in total. The van der Waals surface area contributed by atoms with Crippen molar-refractivity contribution in [2.24, 2.45) is 0 Å². The predicted octanol–water partition coefficient (Wildman–Crippen LogP) is 3.10. The van der Waals surface area contributed by atoms with E-state index in [0.29, 0.717) is 18.7 Å². The van der Waals surface area contributed by atoms with E-state index in [-0.39, 0.29) is 17.4 Å². The van der Waals surface area contributed by atoms with Gasteiger partial charge in [0.25, 0.3) is 5.91 Å². The molecule has 31 heavy (non-hydrogen) atoms. The maximum atomic E-state index is 12.2. The van der Waals surface area contributed by atoms with Crippen molar-refractivity contribution in [3.63, 3.8) is 0 Å². The van der Waals surface area contributed by atoms with Crippen LogP contribution in [0.4, 0.5) is 5.69 Å². The van der Waals surface area contributed by atoms with Crippen molar-refractivity contribution in [1.82, 2.24) is 4.72 Å². The summed E-state index contributed by atoms with van der Waals surface area (Å²) in [5, 5.41) is 2.60. The zero-order valence-corrected chi connectivity index (χ0v) is 18.6. The van der Waals surface area contributed by atoms with Gasteiger partial charge in [-0.05, 0) is 63.6 Å². The van der Waals surface area contributed by atoms with Gasteiger partial charge in [-0.2, -0.15) is 0 Å². The third-order valence-corrected chi connectivity index (χ3v) is 5.71. The summed E-state index contributed by atoms with van der Waals surface area (Å²) in [6.07, 6.45) is -0.406. The predicted molar refractivity (Wildman–Crippen MR) is 117 cm³/mol. The van der Waals surface area contributed by atoms with Gasteiger partial charge in [0, 0.05) is 18.2 Å². The zero-order valence-electron chi connectivity index (χ0n) is 17.8. The lowest BCUT2D eigenvalue weighted by Gasteiger charge is -2.14. The first-order chi connectivity index (χ1) is 14.7. The molecule has 0 aliphatic heterocycles. The van der Waals surface area contributed by atoms with Gasteiger partial charge in [-0.3, -0.25) is 9.59 Å². The van der Waals surface area contributed by atoms with Crippen molar-refractivity contribution in [2.75, 3.05) is 11.9 Å². The molecule has 0 saturated carbocycles. The number of sulfonamides is 1. The Labute approximate surface area is 183 Å². The molecule has 0 saturated heterocycles. The molecular weight excluding hydrogens is 420 g/mol. The summed E-state index contributed by atoms with van der Waals surface area (Å²) in [5.41, 5.74) is 0.396. The number of hydrogen-bond acceptors (Lipinski definition) is 6. The Bertz CT molecular complexity index is 959. The van der Waals surface area contributed by atoms with E-state index in [2.05, 4.69) is 10.0 Å². The molecule has 2 aromatic carbocycles. The lowest BCUT2D eigenvalue weighted by molar-refractivity contribution is -0.153. The molecule has 0 fully saturated rings. The summed E-state index contributed by atoms with van der Waals surface area (Å²) in [6, 6.07) is 14.8. The average molecular weight is 449 g/mol. The van der Waals surface area contributed by atoms with E-state index in [1.807, 2.05) is 30.3 Å². The van der Waals surface area contributed by atoms with Gasteiger partial charge in [0.1, 0.15) is 5.75 Å². The van der Waals surface area contributed by atoms with Gasteiger partial charge in [0.15, 0.2) is 6.10 Å². The van der Waals surface area contributed by atoms with Gasteiger partial charge in [-0.1, -0.05) is 18.2 Å². The second kappa shape index (κ2) is 11.5. The Balaban J connectivity index is 1.76. The van der Waals surface area contributed by atoms with E-state index in [9.17, 15) is 18.0 Å². The third kappa shape index (κ3) is 8.39. The minimum Gasteiger partial charge on any atom is -0.494 e. The van der Waals surface area contributed by atoms with Crippen molar-refractivity contribution >= 4 is 27.6 Å². The van der Waals surface area contributed by atoms with E-state index in [0.717, 1.165) is 5.75 Å². The first-order valence-electron chi connectivity index (χ1n) is 9.98. The molecule has 2 aromatic rings. The van der Waals surface area contributed by atoms with Crippen molar-refractivity contribution in [3.8, 4) is 5.75 Å². The molecule has 2 rings (SSSR count). The Morgan fingerprint density at radius 3 is 2.23 bits per heavy atom. The zero-order chi connectivity index (χ0) is 22.9. The van der Waals surface area contributed by atoms with Crippen LogP contribution in [0.1, 0.15) is 33.6 Å². The monoisotopic (exact) mass is 448 g/mol. The van der Waals surface area contributed by atoms with Crippen LogP contribution in [0.25, 0.3) is 0 Å². The van der Waals surface area contributed by atoms with Gasteiger partial charge in [-0.15, -0.1) is 0 Å². The fourth-order valence-electron chi connectivity index (χ4n) is 2.57. The molecule has 1 unspecified atom stereocenters.